The van der Waals surface area contributed by atoms with Crippen molar-refractivity contribution in [1.82, 2.24) is 4.90 Å². The summed E-state index contributed by atoms with van der Waals surface area (Å²) in [6.45, 7) is 2.13. The minimum absolute atomic E-state index is 0.0877. The second-order valence-corrected chi connectivity index (χ2v) is 2.94. The summed E-state index contributed by atoms with van der Waals surface area (Å²) in [4.78, 5) is 23.7. The van der Waals surface area contributed by atoms with Crippen molar-refractivity contribution in [2.45, 2.75) is 19.8 Å². The molecule has 1 aliphatic heterocycles. The zero-order chi connectivity index (χ0) is 9.14. The van der Waals surface area contributed by atoms with Crippen LogP contribution in [0.4, 0.5) is 0 Å². The monoisotopic (exact) mass is 165 g/mol. The molecule has 0 N–H and O–H groups in total. The Hall–Kier alpha value is -1.30. The van der Waals surface area contributed by atoms with Crippen LogP contribution in [0.2, 0.25) is 0 Å². The van der Waals surface area contributed by atoms with Crippen molar-refractivity contribution in [1.29, 1.82) is 0 Å². The molecule has 0 aromatic heterocycles. The van der Waals surface area contributed by atoms with Crippen LogP contribution >= 0.6 is 0 Å². The second-order valence-electron chi connectivity index (χ2n) is 2.94. The first-order chi connectivity index (χ1) is 5.66. The number of carbonyl (C=O) groups excluding carboxylic acids is 2. The van der Waals surface area contributed by atoms with Crippen LogP contribution in [0.1, 0.15) is 19.8 Å². The quantitative estimate of drug-likeness (QED) is 0.439. The molecular formula is C9H11NO2. The largest absolute Gasteiger partial charge is 0.281 e. The molecule has 0 aliphatic carbocycles. The lowest BCUT2D eigenvalue weighted by Crippen LogP contribution is -2.31. The fraction of sp³-hybridized carbons (Fsp3) is 0.556. The standard InChI is InChI=1S/C9H11NO2/c1-3-4-5-10-8(11)6-7(2)9(10)12/h1,7H,4-6H2,2H3. The van der Waals surface area contributed by atoms with Gasteiger partial charge >= 0.3 is 0 Å². The van der Waals surface area contributed by atoms with E-state index < -0.39 is 0 Å². The first kappa shape index (κ1) is 8.79. The highest BCUT2D eigenvalue weighted by Crippen LogP contribution is 2.18. The maximum Gasteiger partial charge on any atom is 0.232 e. The fourth-order valence-corrected chi connectivity index (χ4v) is 1.26. The average Bonchev–Trinajstić information content (AvgIpc) is 2.25. The van der Waals surface area contributed by atoms with E-state index in [1.165, 1.54) is 4.90 Å². The Balaban J connectivity index is 2.59. The molecule has 1 aliphatic rings. The SMILES string of the molecule is C#CCCN1C(=O)CC(C)C1=O. The third kappa shape index (κ3) is 1.48. The Labute approximate surface area is 71.7 Å². The number of terminal acetylenes is 1. The molecule has 12 heavy (non-hydrogen) atoms. The number of likely N-dealkylation sites (tertiary alicyclic amines) is 1. The van der Waals surface area contributed by atoms with Gasteiger partial charge in [-0.1, -0.05) is 6.92 Å². The molecule has 64 valence electrons. The Morgan fingerprint density at radius 1 is 1.67 bits per heavy atom. The van der Waals surface area contributed by atoms with E-state index in [-0.39, 0.29) is 17.7 Å². The van der Waals surface area contributed by atoms with Crippen LogP contribution in [-0.4, -0.2) is 23.3 Å². The summed E-state index contributed by atoms with van der Waals surface area (Å²) in [5.74, 6) is 2.06. The molecule has 0 spiro atoms. The summed E-state index contributed by atoms with van der Waals surface area (Å²) in [5.41, 5.74) is 0. The van der Waals surface area contributed by atoms with Crippen molar-refractivity contribution in [3.63, 3.8) is 0 Å². The van der Waals surface area contributed by atoms with Crippen LogP contribution in [-0.2, 0) is 9.59 Å². The van der Waals surface area contributed by atoms with Crippen LogP contribution in [0.15, 0.2) is 0 Å². The van der Waals surface area contributed by atoms with Crippen molar-refractivity contribution < 1.29 is 9.59 Å². The molecule has 0 aromatic rings. The van der Waals surface area contributed by atoms with E-state index in [1.807, 2.05) is 0 Å². The molecule has 1 atom stereocenters. The van der Waals surface area contributed by atoms with Gasteiger partial charge in [-0.2, -0.15) is 0 Å². The highest BCUT2D eigenvalue weighted by molar-refractivity contribution is 6.03. The third-order valence-electron chi connectivity index (χ3n) is 1.95. The lowest BCUT2D eigenvalue weighted by atomic mass is 10.1. The van der Waals surface area contributed by atoms with E-state index in [4.69, 9.17) is 6.42 Å². The number of amides is 2. The molecule has 2 amide bonds. The third-order valence-corrected chi connectivity index (χ3v) is 1.95. The zero-order valence-electron chi connectivity index (χ0n) is 7.04. The fourth-order valence-electron chi connectivity index (χ4n) is 1.26. The molecule has 1 rings (SSSR count). The molecule has 3 nitrogen and oxygen atoms in total. The molecule has 0 bridgehead atoms. The van der Waals surface area contributed by atoms with Gasteiger partial charge in [-0.3, -0.25) is 14.5 Å². The summed E-state index contributed by atoms with van der Waals surface area (Å²) in [7, 11) is 0. The second kappa shape index (κ2) is 3.40. The minimum atomic E-state index is -0.157. The summed E-state index contributed by atoms with van der Waals surface area (Å²) in [5, 5.41) is 0. The van der Waals surface area contributed by atoms with Gasteiger partial charge in [-0.25, -0.2) is 0 Å². The van der Waals surface area contributed by atoms with Gasteiger partial charge in [-0.05, 0) is 0 Å². The van der Waals surface area contributed by atoms with Crippen LogP contribution in [0, 0.1) is 18.3 Å². The number of nitrogens with zero attached hydrogens (tertiary/aromatic N) is 1. The smallest absolute Gasteiger partial charge is 0.232 e. The molecule has 0 saturated carbocycles. The van der Waals surface area contributed by atoms with Crippen LogP contribution in [0.25, 0.3) is 0 Å². The van der Waals surface area contributed by atoms with Crippen molar-refractivity contribution in [3.05, 3.63) is 0 Å². The topological polar surface area (TPSA) is 37.4 Å². The van der Waals surface area contributed by atoms with Crippen molar-refractivity contribution in [2.75, 3.05) is 6.54 Å². The summed E-state index contributed by atoms with van der Waals surface area (Å²) >= 11 is 0. The molecule has 1 unspecified atom stereocenters. The van der Waals surface area contributed by atoms with E-state index in [9.17, 15) is 9.59 Å². The van der Waals surface area contributed by atoms with Crippen molar-refractivity contribution >= 4 is 11.8 Å². The summed E-state index contributed by atoms with van der Waals surface area (Å²) in [6.07, 6.45) is 5.82. The van der Waals surface area contributed by atoms with E-state index >= 15 is 0 Å². The van der Waals surface area contributed by atoms with Gasteiger partial charge in [0.2, 0.25) is 11.8 Å². The van der Waals surface area contributed by atoms with Gasteiger partial charge in [0.05, 0.1) is 0 Å². The van der Waals surface area contributed by atoms with Gasteiger partial charge in [-0.15, -0.1) is 12.3 Å². The lowest BCUT2D eigenvalue weighted by molar-refractivity contribution is -0.139. The summed E-state index contributed by atoms with van der Waals surface area (Å²) in [6, 6.07) is 0. The van der Waals surface area contributed by atoms with E-state index in [2.05, 4.69) is 5.92 Å². The van der Waals surface area contributed by atoms with Gasteiger partial charge in [0, 0.05) is 25.3 Å². The average molecular weight is 165 g/mol. The van der Waals surface area contributed by atoms with Gasteiger partial charge < -0.3 is 0 Å². The van der Waals surface area contributed by atoms with Gasteiger partial charge in [0.15, 0.2) is 0 Å². The van der Waals surface area contributed by atoms with Crippen molar-refractivity contribution in [3.8, 4) is 12.3 Å². The number of imide groups is 1. The van der Waals surface area contributed by atoms with E-state index in [1.54, 1.807) is 6.92 Å². The predicted octanol–water partition coefficient (Wildman–Crippen LogP) is 0.405. The van der Waals surface area contributed by atoms with Gasteiger partial charge in [0.25, 0.3) is 0 Å². The molecule has 1 fully saturated rings. The zero-order valence-corrected chi connectivity index (χ0v) is 7.04. The molecule has 1 heterocycles. The van der Waals surface area contributed by atoms with Crippen LogP contribution in [0.5, 0.6) is 0 Å². The number of rotatable bonds is 2. The van der Waals surface area contributed by atoms with Gasteiger partial charge in [0.1, 0.15) is 0 Å². The van der Waals surface area contributed by atoms with E-state index in [0.29, 0.717) is 19.4 Å². The highest BCUT2D eigenvalue weighted by Gasteiger charge is 2.34. The Bertz CT molecular complexity index is 252. The molecule has 1 saturated heterocycles. The predicted molar refractivity (Wildman–Crippen MR) is 44.0 cm³/mol. The molecular weight excluding hydrogens is 154 g/mol. The molecule has 3 heteroatoms. The maximum absolute atomic E-state index is 11.3. The normalized spacial score (nSPS) is 23.0. The Kier molecular flexibility index (Phi) is 2.49. The van der Waals surface area contributed by atoms with Crippen LogP contribution < -0.4 is 0 Å². The molecule has 0 radical (unpaired) electrons. The summed E-state index contributed by atoms with van der Waals surface area (Å²) < 4.78 is 0. The highest BCUT2D eigenvalue weighted by atomic mass is 16.2. The number of hydrogen-bond donors (Lipinski definition) is 0. The van der Waals surface area contributed by atoms with Crippen molar-refractivity contribution in [2.24, 2.45) is 5.92 Å². The van der Waals surface area contributed by atoms with E-state index in [0.717, 1.165) is 0 Å². The number of hydrogen-bond acceptors (Lipinski definition) is 2. The lowest BCUT2D eigenvalue weighted by Gasteiger charge is -2.11. The van der Waals surface area contributed by atoms with Crippen LogP contribution in [0.3, 0.4) is 0 Å². The molecule has 0 aromatic carbocycles. The minimum Gasteiger partial charge on any atom is -0.281 e. The number of carbonyl (C=O) groups is 2. The first-order valence-electron chi connectivity index (χ1n) is 3.94. The first-order valence-corrected chi connectivity index (χ1v) is 3.94. The Morgan fingerprint density at radius 3 is 2.75 bits per heavy atom. The maximum atomic E-state index is 11.3. The Morgan fingerprint density at radius 2 is 2.33 bits per heavy atom.